The first kappa shape index (κ1) is 15.0. The van der Waals surface area contributed by atoms with Crippen LogP contribution in [-0.2, 0) is 0 Å². The lowest BCUT2D eigenvalue weighted by molar-refractivity contribution is 0.0949. The molecule has 6 heteroatoms. The van der Waals surface area contributed by atoms with Gasteiger partial charge in [-0.2, -0.15) is 10.4 Å². The Hall–Kier alpha value is -2.91. The lowest BCUT2D eigenvalue weighted by Gasteiger charge is -2.17. The van der Waals surface area contributed by atoms with Gasteiger partial charge in [0.15, 0.2) is 0 Å². The van der Waals surface area contributed by atoms with Crippen molar-refractivity contribution in [2.75, 3.05) is 6.54 Å². The SMILES string of the molecule is N#Cc1cccc(C(=O)NCC(c2cccs2)n2cccn2)c1. The van der Waals surface area contributed by atoms with Crippen LogP contribution in [0.1, 0.15) is 26.8 Å². The Morgan fingerprint density at radius 2 is 2.26 bits per heavy atom. The Labute approximate surface area is 137 Å². The van der Waals surface area contributed by atoms with Gasteiger partial charge in [-0.05, 0) is 35.7 Å². The van der Waals surface area contributed by atoms with Gasteiger partial charge in [0, 0.05) is 29.4 Å². The number of benzene rings is 1. The first-order valence-corrected chi connectivity index (χ1v) is 7.97. The van der Waals surface area contributed by atoms with Crippen molar-refractivity contribution >= 4 is 17.2 Å². The number of amides is 1. The predicted octanol–water partition coefficient (Wildman–Crippen LogP) is 2.84. The van der Waals surface area contributed by atoms with Crippen LogP contribution in [0.3, 0.4) is 0 Å². The molecule has 114 valence electrons. The number of nitriles is 1. The molecule has 1 aromatic carbocycles. The molecule has 3 aromatic rings. The minimum absolute atomic E-state index is 0.0481. The van der Waals surface area contributed by atoms with E-state index in [2.05, 4.69) is 10.4 Å². The topological polar surface area (TPSA) is 70.7 Å². The Balaban J connectivity index is 1.74. The van der Waals surface area contributed by atoms with Gasteiger partial charge in [-0.3, -0.25) is 9.48 Å². The molecule has 1 amide bonds. The van der Waals surface area contributed by atoms with Crippen LogP contribution in [-0.4, -0.2) is 22.2 Å². The number of rotatable bonds is 5. The number of aromatic nitrogens is 2. The number of carbonyl (C=O) groups is 1. The van der Waals surface area contributed by atoms with Crippen molar-refractivity contribution in [3.8, 4) is 6.07 Å². The Kier molecular flexibility index (Phi) is 4.50. The molecule has 0 saturated carbocycles. The van der Waals surface area contributed by atoms with E-state index in [0.29, 0.717) is 17.7 Å². The van der Waals surface area contributed by atoms with Crippen LogP contribution in [0.5, 0.6) is 0 Å². The van der Waals surface area contributed by atoms with Crippen molar-refractivity contribution in [3.63, 3.8) is 0 Å². The predicted molar refractivity (Wildman–Crippen MR) is 88.2 cm³/mol. The van der Waals surface area contributed by atoms with Crippen molar-refractivity contribution in [2.24, 2.45) is 0 Å². The largest absolute Gasteiger partial charge is 0.350 e. The number of hydrogen-bond donors (Lipinski definition) is 1. The van der Waals surface area contributed by atoms with Gasteiger partial charge in [-0.15, -0.1) is 11.3 Å². The quantitative estimate of drug-likeness (QED) is 0.785. The molecule has 5 nitrogen and oxygen atoms in total. The van der Waals surface area contributed by atoms with E-state index in [1.54, 1.807) is 41.8 Å². The molecule has 3 rings (SSSR count). The molecule has 0 saturated heterocycles. The third-order valence-corrected chi connectivity index (χ3v) is 4.40. The van der Waals surface area contributed by atoms with E-state index in [9.17, 15) is 4.79 Å². The van der Waals surface area contributed by atoms with Crippen LogP contribution < -0.4 is 5.32 Å². The van der Waals surface area contributed by atoms with Crippen LogP contribution in [0, 0.1) is 11.3 Å². The molecule has 2 heterocycles. The van der Waals surface area contributed by atoms with Gasteiger partial charge in [-0.1, -0.05) is 12.1 Å². The Morgan fingerprint density at radius 1 is 1.35 bits per heavy atom. The summed E-state index contributed by atoms with van der Waals surface area (Å²) in [6.07, 6.45) is 3.60. The van der Waals surface area contributed by atoms with E-state index in [4.69, 9.17) is 5.26 Å². The zero-order chi connectivity index (χ0) is 16.1. The molecule has 0 spiro atoms. The van der Waals surface area contributed by atoms with Gasteiger partial charge in [-0.25, -0.2) is 0 Å². The molecular weight excluding hydrogens is 308 g/mol. The minimum Gasteiger partial charge on any atom is -0.350 e. The number of nitrogens with one attached hydrogen (secondary N) is 1. The summed E-state index contributed by atoms with van der Waals surface area (Å²) in [4.78, 5) is 13.4. The first-order valence-electron chi connectivity index (χ1n) is 7.09. The van der Waals surface area contributed by atoms with Gasteiger partial charge in [0.25, 0.3) is 5.91 Å². The molecule has 2 aromatic heterocycles. The average molecular weight is 322 g/mol. The van der Waals surface area contributed by atoms with Crippen molar-refractivity contribution in [3.05, 3.63) is 76.2 Å². The van der Waals surface area contributed by atoms with Crippen LogP contribution in [0.4, 0.5) is 0 Å². The first-order chi connectivity index (χ1) is 11.3. The second-order valence-corrected chi connectivity index (χ2v) is 5.90. The summed E-state index contributed by atoms with van der Waals surface area (Å²) in [5.74, 6) is -0.198. The standard InChI is InChI=1S/C17H14N4OS/c18-11-13-4-1-5-14(10-13)17(22)19-12-15(16-6-2-9-23-16)21-8-3-7-20-21/h1-10,15H,12H2,(H,19,22). The number of carbonyl (C=O) groups excluding carboxylic acids is 1. The molecule has 0 radical (unpaired) electrons. The van der Waals surface area contributed by atoms with Crippen LogP contribution in [0.15, 0.2) is 60.2 Å². The van der Waals surface area contributed by atoms with Gasteiger partial charge in [0.05, 0.1) is 11.6 Å². The molecule has 1 N–H and O–H groups in total. The number of thiophene rings is 1. The van der Waals surface area contributed by atoms with Gasteiger partial charge in [0.2, 0.25) is 0 Å². The molecule has 0 fully saturated rings. The third-order valence-electron chi connectivity index (χ3n) is 3.43. The molecule has 0 aliphatic rings. The lowest BCUT2D eigenvalue weighted by atomic mass is 10.1. The second kappa shape index (κ2) is 6.90. The lowest BCUT2D eigenvalue weighted by Crippen LogP contribution is -2.31. The van der Waals surface area contributed by atoms with Crippen molar-refractivity contribution < 1.29 is 4.79 Å². The maximum atomic E-state index is 12.3. The molecule has 23 heavy (non-hydrogen) atoms. The summed E-state index contributed by atoms with van der Waals surface area (Å²) in [5.41, 5.74) is 0.953. The third kappa shape index (κ3) is 3.47. The fraction of sp³-hybridized carbons (Fsp3) is 0.118. The molecule has 1 atom stereocenters. The summed E-state index contributed by atoms with van der Waals surface area (Å²) in [7, 11) is 0. The summed E-state index contributed by atoms with van der Waals surface area (Å²) in [6.45, 7) is 0.428. The van der Waals surface area contributed by atoms with E-state index in [1.807, 2.05) is 40.5 Å². The molecule has 0 bridgehead atoms. The zero-order valence-electron chi connectivity index (χ0n) is 12.2. The van der Waals surface area contributed by atoms with Crippen LogP contribution >= 0.6 is 11.3 Å². The van der Waals surface area contributed by atoms with Gasteiger partial charge in [0.1, 0.15) is 6.04 Å². The number of hydrogen-bond acceptors (Lipinski definition) is 4. The second-order valence-electron chi connectivity index (χ2n) is 4.92. The monoisotopic (exact) mass is 322 g/mol. The molecule has 0 aliphatic carbocycles. The highest BCUT2D eigenvalue weighted by Gasteiger charge is 2.17. The van der Waals surface area contributed by atoms with E-state index < -0.39 is 0 Å². The maximum Gasteiger partial charge on any atom is 0.251 e. The molecular formula is C17H14N4OS. The summed E-state index contributed by atoms with van der Waals surface area (Å²) in [5, 5.41) is 18.1. The Morgan fingerprint density at radius 3 is 2.96 bits per heavy atom. The van der Waals surface area contributed by atoms with Crippen molar-refractivity contribution in [2.45, 2.75) is 6.04 Å². The Bertz CT molecular complexity index is 784. The van der Waals surface area contributed by atoms with E-state index in [-0.39, 0.29) is 11.9 Å². The summed E-state index contributed by atoms with van der Waals surface area (Å²) in [6, 6.07) is 14.5. The highest BCUT2D eigenvalue weighted by atomic mass is 32.1. The minimum atomic E-state index is -0.198. The van der Waals surface area contributed by atoms with E-state index in [1.165, 1.54) is 0 Å². The van der Waals surface area contributed by atoms with Gasteiger partial charge < -0.3 is 5.32 Å². The number of nitrogens with zero attached hydrogens (tertiary/aromatic N) is 3. The smallest absolute Gasteiger partial charge is 0.251 e. The van der Waals surface area contributed by atoms with Gasteiger partial charge >= 0.3 is 0 Å². The fourth-order valence-electron chi connectivity index (χ4n) is 2.29. The van der Waals surface area contributed by atoms with E-state index >= 15 is 0 Å². The zero-order valence-corrected chi connectivity index (χ0v) is 13.0. The van der Waals surface area contributed by atoms with Crippen molar-refractivity contribution in [1.29, 1.82) is 5.26 Å². The normalized spacial score (nSPS) is 11.6. The van der Waals surface area contributed by atoms with Crippen LogP contribution in [0.25, 0.3) is 0 Å². The highest BCUT2D eigenvalue weighted by Crippen LogP contribution is 2.22. The van der Waals surface area contributed by atoms with E-state index in [0.717, 1.165) is 4.88 Å². The van der Waals surface area contributed by atoms with Crippen molar-refractivity contribution in [1.82, 2.24) is 15.1 Å². The molecule has 1 unspecified atom stereocenters. The fourth-order valence-corrected chi connectivity index (χ4v) is 3.11. The maximum absolute atomic E-state index is 12.3. The highest BCUT2D eigenvalue weighted by molar-refractivity contribution is 7.10. The molecule has 0 aliphatic heterocycles. The average Bonchev–Trinajstić information content (AvgIpc) is 3.29. The van der Waals surface area contributed by atoms with Crippen LogP contribution in [0.2, 0.25) is 0 Å². The summed E-state index contributed by atoms with van der Waals surface area (Å²) < 4.78 is 1.83. The summed E-state index contributed by atoms with van der Waals surface area (Å²) >= 11 is 1.63.